The van der Waals surface area contributed by atoms with Crippen molar-refractivity contribution in [3.05, 3.63) is 68.8 Å². The van der Waals surface area contributed by atoms with E-state index < -0.39 is 0 Å². The number of aromatic nitrogens is 3. The molecule has 7 nitrogen and oxygen atoms in total. The minimum absolute atomic E-state index is 0.0312. The number of halogens is 2. The number of hydrogen-bond donors (Lipinski definition) is 3. The minimum atomic E-state index is -0.232. The van der Waals surface area contributed by atoms with E-state index in [9.17, 15) is 9.59 Å². The van der Waals surface area contributed by atoms with Crippen LogP contribution in [0.2, 0.25) is 10.0 Å². The molecule has 0 aliphatic rings. The van der Waals surface area contributed by atoms with Gasteiger partial charge in [0.1, 0.15) is 5.52 Å². The zero-order chi connectivity index (χ0) is 25.3. The average molecular weight is 530 g/mol. The molecule has 35 heavy (non-hydrogen) atoms. The standard InChI is InChI=1S/C25H25Cl2N5O2S/c1-13(25(2,3)4)31-23(33)15-11-28-22-21(15)32-17(12-29-22)18-8-9-19(35-18)24(34)30-10-14-6-5-7-16(26)20(14)27/h5-9,11-13H,10H2,1-4H3,(H,28,29)(H,30,34)(H,31,33). The summed E-state index contributed by atoms with van der Waals surface area (Å²) in [6.07, 6.45) is 3.24. The molecule has 0 radical (unpaired) electrons. The van der Waals surface area contributed by atoms with E-state index in [-0.39, 0.29) is 29.8 Å². The number of hydrogen-bond acceptors (Lipinski definition) is 5. The number of benzene rings is 1. The van der Waals surface area contributed by atoms with Crippen LogP contribution in [0.15, 0.2) is 42.7 Å². The lowest BCUT2D eigenvalue weighted by Crippen LogP contribution is -2.41. The van der Waals surface area contributed by atoms with Gasteiger partial charge in [-0.1, -0.05) is 56.1 Å². The van der Waals surface area contributed by atoms with Crippen LogP contribution in [0, 0.1) is 5.41 Å². The number of nitrogens with zero attached hydrogens (tertiary/aromatic N) is 2. The number of H-pyrrole nitrogens is 1. The summed E-state index contributed by atoms with van der Waals surface area (Å²) in [4.78, 5) is 39.0. The van der Waals surface area contributed by atoms with Crippen molar-refractivity contribution >= 4 is 57.5 Å². The van der Waals surface area contributed by atoms with Gasteiger partial charge in [0.25, 0.3) is 11.8 Å². The van der Waals surface area contributed by atoms with Crippen molar-refractivity contribution in [3.63, 3.8) is 0 Å². The van der Waals surface area contributed by atoms with Crippen LogP contribution in [0.5, 0.6) is 0 Å². The summed E-state index contributed by atoms with van der Waals surface area (Å²) in [6.45, 7) is 8.44. The van der Waals surface area contributed by atoms with Crippen molar-refractivity contribution in [1.29, 1.82) is 0 Å². The van der Waals surface area contributed by atoms with Crippen LogP contribution in [0.1, 0.15) is 53.3 Å². The van der Waals surface area contributed by atoms with Gasteiger partial charge in [0.05, 0.1) is 37.3 Å². The van der Waals surface area contributed by atoms with Crippen LogP contribution < -0.4 is 10.6 Å². The first-order valence-corrected chi connectivity index (χ1v) is 12.6. The van der Waals surface area contributed by atoms with Crippen LogP contribution in [0.25, 0.3) is 21.7 Å². The van der Waals surface area contributed by atoms with Crippen molar-refractivity contribution in [3.8, 4) is 10.6 Å². The molecule has 3 heterocycles. The highest BCUT2D eigenvalue weighted by atomic mass is 35.5. The van der Waals surface area contributed by atoms with Crippen LogP contribution in [-0.2, 0) is 6.54 Å². The van der Waals surface area contributed by atoms with E-state index in [1.165, 1.54) is 11.3 Å². The molecule has 0 spiro atoms. The summed E-state index contributed by atoms with van der Waals surface area (Å²) >= 11 is 13.5. The molecule has 1 atom stereocenters. The van der Waals surface area contributed by atoms with Gasteiger partial charge in [-0.3, -0.25) is 9.59 Å². The summed E-state index contributed by atoms with van der Waals surface area (Å²) in [5, 5.41) is 6.76. The largest absolute Gasteiger partial charge is 0.349 e. The molecule has 0 saturated carbocycles. The number of aromatic amines is 1. The smallest absolute Gasteiger partial charge is 0.261 e. The molecule has 4 rings (SSSR count). The minimum Gasteiger partial charge on any atom is -0.349 e. The number of fused-ring (bicyclic) bond motifs is 1. The molecule has 2 amide bonds. The van der Waals surface area contributed by atoms with E-state index >= 15 is 0 Å². The summed E-state index contributed by atoms with van der Waals surface area (Å²) in [5.74, 6) is -0.444. The maximum atomic E-state index is 12.9. The summed E-state index contributed by atoms with van der Waals surface area (Å²) < 4.78 is 0. The van der Waals surface area contributed by atoms with Crippen molar-refractivity contribution in [1.82, 2.24) is 25.6 Å². The fourth-order valence-electron chi connectivity index (χ4n) is 3.22. The van der Waals surface area contributed by atoms with Crippen LogP contribution in [-0.4, -0.2) is 32.8 Å². The third kappa shape index (κ3) is 5.50. The number of nitrogens with one attached hydrogen (secondary N) is 3. The average Bonchev–Trinajstić information content (AvgIpc) is 3.46. The quantitative estimate of drug-likeness (QED) is 0.281. The lowest BCUT2D eigenvalue weighted by molar-refractivity contribution is 0.0910. The molecule has 1 aromatic carbocycles. The Bertz CT molecular complexity index is 1410. The van der Waals surface area contributed by atoms with E-state index in [0.717, 1.165) is 10.4 Å². The maximum absolute atomic E-state index is 12.9. The SMILES string of the molecule is CC(NC(=O)c1c[nH]c2ncc(-c3ccc(C(=O)NCc4cccc(Cl)c4Cl)s3)nc12)C(C)(C)C. The summed E-state index contributed by atoms with van der Waals surface area (Å²) in [6, 6.07) is 8.81. The Kier molecular flexibility index (Phi) is 7.17. The van der Waals surface area contributed by atoms with Crippen molar-refractivity contribution in [2.75, 3.05) is 0 Å². The number of carbonyl (C=O) groups is 2. The predicted molar refractivity (Wildman–Crippen MR) is 141 cm³/mol. The zero-order valence-electron chi connectivity index (χ0n) is 19.7. The fraction of sp³-hybridized carbons (Fsp3) is 0.280. The van der Waals surface area contributed by atoms with E-state index in [4.69, 9.17) is 23.2 Å². The van der Waals surface area contributed by atoms with Crippen LogP contribution in [0.3, 0.4) is 0 Å². The molecule has 0 fully saturated rings. The Morgan fingerprint density at radius 1 is 1.14 bits per heavy atom. The van der Waals surface area contributed by atoms with E-state index in [1.807, 2.05) is 19.1 Å². The molecule has 1 unspecified atom stereocenters. The summed E-state index contributed by atoms with van der Waals surface area (Å²) in [5.41, 5.74) is 2.67. The van der Waals surface area contributed by atoms with E-state index in [0.29, 0.717) is 37.3 Å². The molecular formula is C25H25Cl2N5O2S. The highest BCUT2D eigenvalue weighted by Gasteiger charge is 2.24. The van der Waals surface area contributed by atoms with Gasteiger partial charge in [-0.2, -0.15) is 0 Å². The molecule has 182 valence electrons. The van der Waals surface area contributed by atoms with Crippen LogP contribution >= 0.6 is 34.5 Å². The van der Waals surface area contributed by atoms with Gasteiger partial charge in [0.15, 0.2) is 5.65 Å². The van der Waals surface area contributed by atoms with Gasteiger partial charge in [-0.25, -0.2) is 9.97 Å². The molecule has 0 bridgehead atoms. The monoisotopic (exact) mass is 529 g/mol. The van der Waals surface area contributed by atoms with Crippen LogP contribution in [0.4, 0.5) is 0 Å². The first kappa shape index (κ1) is 25.2. The third-order valence-electron chi connectivity index (χ3n) is 5.83. The van der Waals surface area contributed by atoms with Crippen molar-refractivity contribution in [2.45, 2.75) is 40.3 Å². The molecule has 3 aromatic heterocycles. The Morgan fingerprint density at radius 2 is 1.91 bits per heavy atom. The van der Waals surface area contributed by atoms with Gasteiger partial charge in [-0.05, 0) is 36.1 Å². The van der Waals surface area contributed by atoms with Gasteiger partial charge >= 0.3 is 0 Å². The van der Waals surface area contributed by atoms with Gasteiger partial charge in [0.2, 0.25) is 0 Å². The third-order valence-corrected chi connectivity index (χ3v) is 7.79. The number of amides is 2. The second-order valence-corrected chi connectivity index (χ2v) is 11.1. The molecule has 0 aliphatic heterocycles. The van der Waals surface area contributed by atoms with Crippen molar-refractivity contribution < 1.29 is 9.59 Å². The Morgan fingerprint density at radius 3 is 2.66 bits per heavy atom. The molecule has 0 saturated heterocycles. The molecule has 10 heteroatoms. The molecule has 3 N–H and O–H groups in total. The van der Waals surface area contributed by atoms with Gasteiger partial charge < -0.3 is 15.6 Å². The van der Waals surface area contributed by atoms with Gasteiger partial charge in [0, 0.05) is 18.8 Å². The fourth-order valence-corrected chi connectivity index (χ4v) is 4.48. The Balaban J connectivity index is 1.52. The molecule has 4 aromatic rings. The zero-order valence-corrected chi connectivity index (χ0v) is 22.0. The highest BCUT2D eigenvalue weighted by molar-refractivity contribution is 7.17. The topological polar surface area (TPSA) is 99.8 Å². The second-order valence-electron chi connectivity index (χ2n) is 9.28. The number of carbonyl (C=O) groups excluding carboxylic acids is 2. The Hall–Kier alpha value is -2.94. The lowest BCUT2D eigenvalue weighted by Gasteiger charge is -2.27. The number of rotatable bonds is 6. The molecule has 0 aliphatic carbocycles. The van der Waals surface area contributed by atoms with E-state index in [1.54, 1.807) is 30.6 Å². The predicted octanol–water partition coefficient (Wildman–Crippen LogP) is 6.09. The van der Waals surface area contributed by atoms with Crippen molar-refractivity contribution in [2.24, 2.45) is 5.41 Å². The van der Waals surface area contributed by atoms with E-state index in [2.05, 4.69) is 46.4 Å². The maximum Gasteiger partial charge on any atom is 0.261 e. The Labute approximate surface area is 217 Å². The lowest BCUT2D eigenvalue weighted by atomic mass is 9.88. The van der Waals surface area contributed by atoms with Gasteiger partial charge in [-0.15, -0.1) is 11.3 Å². The first-order valence-electron chi connectivity index (χ1n) is 11.0. The highest BCUT2D eigenvalue weighted by Crippen LogP contribution is 2.29. The summed E-state index contributed by atoms with van der Waals surface area (Å²) in [7, 11) is 0. The normalized spacial score (nSPS) is 12.5. The number of thiophene rings is 1. The second kappa shape index (κ2) is 9.97. The molecular weight excluding hydrogens is 505 g/mol. The first-order chi connectivity index (χ1) is 16.5.